The normalized spacial score (nSPS) is 12.0. The standard InChI is InChI=1S/C12H17N3O3S2/c1-7-11(8(2)18-15-7)6-14-20(16,17)12-4-10(5-13)19-9(12)3/h4,14H,5-6,13H2,1-3H3. The van der Waals surface area contributed by atoms with E-state index in [0.29, 0.717) is 18.0 Å². The van der Waals surface area contributed by atoms with Gasteiger partial charge in [-0.25, -0.2) is 13.1 Å². The Labute approximate surface area is 122 Å². The molecule has 0 saturated heterocycles. The molecule has 0 atom stereocenters. The predicted octanol–water partition coefficient (Wildman–Crippen LogP) is 1.60. The van der Waals surface area contributed by atoms with Gasteiger partial charge in [-0.3, -0.25) is 0 Å². The number of nitrogens with one attached hydrogen (secondary N) is 1. The van der Waals surface area contributed by atoms with Gasteiger partial charge in [0.25, 0.3) is 0 Å². The number of thiophene rings is 1. The number of aromatic nitrogens is 1. The second-order valence-corrected chi connectivity index (χ2v) is 7.54. The zero-order valence-corrected chi connectivity index (χ0v) is 13.2. The number of hydrogen-bond acceptors (Lipinski definition) is 6. The van der Waals surface area contributed by atoms with Crippen LogP contribution in [0.4, 0.5) is 0 Å². The maximum absolute atomic E-state index is 12.3. The van der Waals surface area contributed by atoms with Crippen LogP contribution in [-0.4, -0.2) is 13.6 Å². The Kier molecular flexibility index (Phi) is 4.28. The molecule has 2 aromatic rings. The first-order valence-electron chi connectivity index (χ1n) is 6.06. The lowest BCUT2D eigenvalue weighted by atomic mass is 10.2. The van der Waals surface area contributed by atoms with E-state index < -0.39 is 10.0 Å². The second kappa shape index (κ2) is 5.65. The summed E-state index contributed by atoms with van der Waals surface area (Å²) in [7, 11) is -3.55. The molecule has 0 aromatic carbocycles. The third kappa shape index (κ3) is 2.93. The molecule has 6 nitrogen and oxygen atoms in total. The number of sulfonamides is 1. The molecule has 2 aromatic heterocycles. The van der Waals surface area contributed by atoms with Crippen molar-refractivity contribution in [1.82, 2.24) is 9.88 Å². The van der Waals surface area contributed by atoms with Gasteiger partial charge in [-0.2, -0.15) is 0 Å². The van der Waals surface area contributed by atoms with E-state index in [-0.39, 0.29) is 11.4 Å². The highest BCUT2D eigenvalue weighted by Gasteiger charge is 2.20. The van der Waals surface area contributed by atoms with Crippen LogP contribution in [0.5, 0.6) is 0 Å². The lowest BCUT2D eigenvalue weighted by molar-refractivity contribution is 0.392. The minimum Gasteiger partial charge on any atom is -0.361 e. The number of aryl methyl sites for hydroxylation is 3. The van der Waals surface area contributed by atoms with E-state index in [1.165, 1.54) is 11.3 Å². The third-order valence-electron chi connectivity index (χ3n) is 3.03. The molecule has 0 saturated carbocycles. The first kappa shape index (κ1) is 15.2. The van der Waals surface area contributed by atoms with Crippen molar-refractivity contribution in [3.63, 3.8) is 0 Å². The summed E-state index contributed by atoms with van der Waals surface area (Å²) >= 11 is 1.40. The average molecular weight is 315 g/mol. The first-order chi connectivity index (χ1) is 9.35. The molecule has 0 unspecified atom stereocenters. The Hall–Kier alpha value is -1.22. The van der Waals surface area contributed by atoms with Crippen molar-refractivity contribution >= 4 is 21.4 Å². The van der Waals surface area contributed by atoms with Crippen LogP contribution in [0.1, 0.15) is 26.8 Å². The Morgan fingerprint density at radius 1 is 1.40 bits per heavy atom. The number of nitrogens with two attached hydrogens (primary N) is 1. The molecular weight excluding hydrogens is 298 g/mol. The predicted molar refractivity (Wildman–Crippen MR) is 76.9 cm³/mol. The maximum atomic E-state index is 12.3. The summed E-state index contributed by atoms with van der Waals surface area (Å²) in [5.41, 5.74) is 6.99. The monoisotopic (exact) mass is 315 g/mol. The van der Waals surface area contributed by atoms with Gasteiger partial charge in [0.15, 0.2) is 0 Å². The zero-order valence-electron chi connectivity index (χ0n) is 11.6. The summed E-state index contributed by atoms with van der Waals surface area (Å²) in [6.07, 6.45) is 0. The van der Waals surface area contributed by atoms with Crippen LogP contribution >= 0.6 is 11.3 Å². The fourth-order valence-electron chi connectivity index (χ4n) is 1.89. The van der Waals surface area contributed by atoms with Gasteiger partial charge in [-0.1, -0.05) is 5.16 Å². The molecule has 2 heterocycles. The molecule has 0 aliphatic rings. The van der Waals surface area contributed by atoms with Crippen molar-refractivity contribution in [2.24, 2.45) is 5.73 Å². The van der Waals surface area contributed by atoms with Gasteiger partial charge >= 0.3 is 0 Å². The minimum atomic E-state index is -3.55. The van der Waals surface area contributed by atoms with E-state index in [4.69, 9.17) is 10.3 Å². The second-order valence-electron chi connectivity index (χ2n) is 4.46. The topological polar surface area (TPSA) is 98.2 Å². The Bertz CT molecular complexity index is 697. The van der Waals surface area contributed by atoms with Gasteiger partial charge < -0.3 is 10.3 Å². The summed E-state index contributed by atoms with van der Waals surface area (Å²) < 4.78 is 32.2. The van der Waals surface area contributed by atoms with Crippen molar-refractivity contribution in [1.29, 1.82) is 0 Å². The van der Waals surface area contributed by atoms with Crippen molar-refractivity contribution in [3.05, 3.63) is 32.8 Å². The first-order valence-corrected chi connectivity index (χ1v) is 8.36. The summed E-state index contributed by atoms with van der Waals surface area (Å²) in [4.78, 5) is 1.87. The summed E-state index contributed by atoms with van der Waals surface area (Å²) in [5.74, 6) is 0.620. The molecule has 0 aliphatic heterocycles. The van der Waals surface area contributed by atoms with Gasteiger partial charge in [0.05, 0.1) is 10.6 Å². The summed E-state index contributed by atoms with van der Waals surface area (Å²) in [6, 6.07) is 1.62. The highest BCUT2D eigenvalue weighted by atomic mass is 32.2. The van der Waals surface area contributed by atoms with Crippen LogP contribution in [0.25, 0.3) is 0 Å². The number of hydrogen-bond donors (Lipinski definition) is 2. The van der Waals surface area contributed by atoms with Crippen LogP contribution in [0.3, 0.4) is 0 Å². The number of nitrogens with zero attached hydrogens (tertiary/aromatic N) is 1. The van der Waals surface area contributed by atoms with Gasteiger partial charge in [0.2, 0.25) is 10.0 Å². The van der Waals surface area contributed by atoms with Gasteiger partial charge in [-0.05, 0) is 26.8 Å². The van der Waals surface area contributed by atoms with E-state index in [1.54, 1.807) is 26.8 Å². The molecule has 110 valence electrons. The molecule has 0 bridgehead atoms. The smallest absolute Gasteiger partial charge is 0.241 e. The van der Waals surface area contributed by atoms with Crippen LogP contribution in [0.15, 0.2) is 15.5 Å². The highest BCUT2D eigenvalue weighted by Crippen LogP contribution is 2.25. The van der Waals surface area contributed by atoms with Crippen molar-refractivity contribution < 1.29 is 12.9 Å². The van der Waals surface area contributed by atoms with Crippen molar-refractivity contribution in [2.75, 3.05) is 0 Å². The SMILES string of the molecule is Cc1noc(C)c1CNS(=O)(=O)c1cc(CN)sc1C. The van der Waals surface area contributed by atoms with Crippen LogP contribution in [0, 0.1) is 20.8 Å². The highest BCUT2D eigenvalue weighted by molar-refractivity contribution is 7.89. The largest absolute Gasteiger partial charge is 0.361 e. The van der Waals surface area contributed by atoms with E-state index in [2.05, 4.69) is 9.88 Å². The van der Waals surface area contributed by atoms with Crippen LogP contribution in [-0.2, 0) is 23.1 Å². The zero-order chi connectivity index (χ0) is 14.9. The van der Waals surface area contributed by atoms with Gasteiger partial charge in [0.1, 0.15) is 5.76 Å². The van der Waals surface area contributed by atoms with E-state index in [0.717, 1.165) is 15.3 Å². The fraction of sp³-hybridized carbons (Fsp3) is 0.417. The van der Waals surface area contributed by atoms with E-state index >= 15 is 0 Å². The average Bonchev–Trinajstić information content (AvgIpc) is 2.92. The Balaban J connectivity index is 2.21. The van der Waals surface area contributed by atoms with Crippen molar-refractivity contribution in [3.8, 4) is 0 Å². The number of rotatable bonds is 5. The molecular formula is C12H17N3O3S2. The Morgan fingerprint density at radius 2 is 2.10 bits per heavy atom. The molecule has 8 heteroatoms. The van der Waals surface area contributed by atoms with Crippen molar-refractivity contribution in [2.45, 2.75) is 38.8 Å². The molecule has 0 radical (unpaired) electrons. The van der Waals surface area contributed by atoms with Gasteiger partial charge in [0, 0.05) is 28.4 Å². The summed E-state index contributed by atoms with van der Waals surface area (Å²) in [6.45, 7) is 5.81. The molecule has 3 N–H and O–H groups in total. The third-order valence-corrected chi connectivity index (χ3v) is 5.76. The lowest BCUT2D eigenvalue weighted by Gasteiger charge is -2.05. The molecule has 20 heavy (non-hydrogen) atoms. The van der Waals surface area contributed by atoms with E-state index in [9.17, 15) is 8.42 Å². The molecule has 2 rings (SSSR count). The quantitative estimate of drug-likeness (QED) is 0.873. The molecule has 0 amide bonds. The van der Waals surface area contributed by atoms with Crippen LogP contribution < -0.4 is 10.5 Å². The minimum absolute atomic E-state index is 0.163. The van der Waals surface area contributed by atoms with E-state index in [1.807, 2.05) is 0 Å². The summed E-state index contributed by atoms with van der Waals surface area (Å²) in [5, 5.41) is 3.80. The van der Waals surface area contributed by atoms with Gasteiger partial charge in [-0.15, -0.1) is 11.3 Å². The molecule has 0 aliphatic carbocycles. The molecule has 0 spiro atoms. The van der Waals surface area contributed by atoms with Crippen LogP contribution in [0.2, 0.25) is 0 Å². The Morgan fingerprint density at radius 3 is 2.60 bits per heavy atom. The lowest BCUT2D eigenvalue weighted by Crippen LogP contribution is -2.23. The fourth-order valence-corrected chi connectivity index (χ4v) is 4.40. The molecule has 0 fully saturated rings. The maximum Gasteiger partial charge on any atom is 0.241 e.